The zero-order valence-electron chi connectivity index (χ0n) is 12.4. The predicted molar refractivity (Wildman–Crippen MR) is 81.3 cm³/mol. The second kappa shape index (κ2) is 6.29. The van der Waals surface area contributed by atoms with Crippen LogP contribution >= 0.6 is 0 Å². The first-order chi connectivity index (χ1) is 10.7. The van der Waals surface area contributed by atoms with E-state index in [9.17, 15) is 9.90 Å². The third-order valence-corrected chi connectivity index (χ3v) is 4.04. The average Bonchev–Trinajstić information content (AvgIpc) is 3.15. The van der Waals surface area contributed by atoms with Gasteiger partial charge in [0.25, 0.3) is 5.91 Å². The fraction of sp³-hybridized carbons (Fsp3) is 0.375. The highest BCUT2D eigenvalue weighted by molar-refractivity contribution is 5.93. The second-order valence-corrected chi connectivity index (χ2v) is 5.62. The Hall–Kier alpha value is -2.18. The Kier molecular flexibility index (Phi) is 4.22. The number of nitrogens with zero attached hydrogens (tertiary/aromatic N) is 2. The van der Waals surface area contributed by atoms with Crippen molar-refractivity contribution in [3.63, 3.8) is 0 Å². The lowest BCUT2D eigenvalue weighted by Crippen LogP contribution is -2.36. The monoisotopic (exact) mass is 301 g/mol. The van der Waals surface area contributed by atoms with Crippen LogP contribution in [0.2, 0.25) is 0 Å². The van der Waals surface area contributed by atoms with Crippen molar-refractivity contribution in [2.45, 2.75) is 18.5 Å². The van der Waals surface area contributed by atoms with Gasteiger partial charge in [0.05, 0.1) is 6.61 Å². The summed E-state index contributed by atoms with van der Waals surface area (Å²) in [5, 5.41) is 16.0. The van der Waals surface area contributed by atoms with Gasteiger partial charge in [0, 0.05) is 30.3 Å². The van der Waals surface area contributed by atoms with Gasteiger partial charge in [-0.3, -0.25) is 9.69 Å². The Balaban J connectivity index is 1.65. The molecule has 0 aliphatic carbocycles. The quantitative estimate of drug-likeness (QED) is 0.885. The maximum absolute atomic E-state index is 12.2. The van der Waals surface area contributed by atoms with Gasteiger partial charge in [-0.1, -0.05) is 35.5 Å². The van der Waals surface area contributed by atoms with Gasteiger partial charge in [0.15, 0.2) is 11.5 Å². The lowest BCUT2D eigenvalue weighted by atomic mass is 10.1. The van der Waals surface area contributed by atoms with Gasteiger partial charge in [-0.2, -0.15) is 0 Å². The highest BCUT2D eigenvalue weighted by Crippen LogP contribution is 2.20. The van der Waals surface area contributed by atoms with E-state index in [1.54, 1.807) is 6.07 Å². The van der Waals surface area contributed by atoms with Gasteiger partial charge in [0.2, 0.25) is 0 Å². The number of hydrogen-bond donors (Lipinski definition) is 2. The Labute approximate surface area is 128 Å². The maximum atomic E-state index is 12.2. The molecular formula is C16H19N3O3. The van der Waals surface area contributed by atoms with Gasteiger partial charge in [0.1, 0.15) is 0 Å². The van der Waals surface area contributed by atoms with E-state index in [-0.39, 0.29) is 30.3 Å². The summed E-state index contributed by atoms with van der Waals surface area (Å²) in [5.74, 6) is 0.324. The molecule has 3 rings (SSSR count). The lowest BCUT2D eigenvalue weighted by Gasteiger charge is -2.14. The van der Waals surface area contributed by atoms with Crippen LogP contribution in [0.25, 0.3) is 11.3 Å². The molecule has 1 aromatic heterocycles. The number of aliphatic hydroxyl groups is 1. The van der Waals surface area contributed by atoms with E-state index in [2.05, 4.69) is 10.5 Å². The van der Waals surface area contributed by atoms with E-state index in [0.717, 1.165) is 18.5 Å². The van der Waals surface area contributed by atoms with Crippen molar-refractivity contribution >= 4 is 5.91 Å². The standard InChI is InChI=1S/C16H19N3O3/c1-19-9-12(7-13(19)10-20)17-16(21)14-8-15(22-18-14)11-5-3-2-4-6-11/h2-6,8,12-13,20H,7,9-10H2,1H3,(H,17,21)/t12-,13+/m1/s1. The van der Waals surface area contributed by atoms with E-state index in [4.69, 9.17) is 4.52 Å². The molecule has 0 radical (unpaired) electrons. The van der Waals surface area contributed by atoms with Gasteiger partial charge in [-0.25, -0.2) is 0 Å². The fourth-order valence-corrected chi connectivity index (χ4v) is 2.78. The number of carbonyl (C=O) groups is 1. The van der Waals surface area contributed by atoms with Crippen molar-refractivity contribution in [2.75, 3.05) is 20.2 Å². The molecule has 1 aliphatic heterocycles. The minimum atomic E-state index is -0.247. The molecule has 0 saturated carbocycles. The van der Waals surface area contributed by atoms with E-state index in [1.807, 2.05) is 42.3 Å². The van der Waals surface area contributed by atoms with Crippen LogP contribution in [0.3, 0.4) is 0 Å². The van der Waals surface area contributed by atoms with E-state index < -0.39 is 0 Å². The highest BCUT2D eigenvalue weighted by Gasteiger charge is 2.30. The normalized spacial score (nSPS) is 21.9. The summed E-state index contributed by atoms with van der Waals surface area (Å²) < 4.78 is 5.24. The van der Waals surface area contributed by atoms with Crippen molar-refractivity contribution in [1.29, 1.82) is 0 Å². The predicted octanol–water partition coefficient (Wildman–Crippen LogP) is 1.14. The number of amides is 1. The van der Waals surface area contributed by atoms with Gasteiger partial charge in [-0.15, -0.1) is 0 Å². The molecule has 0 unspecified atom stereocenters. The molecule has 1 amide bonds. The number of aliphatic hydroxyl groups excluding tert-OH is 1. The number of hydrogen-bond acceptors (Lipinski definition) is 5. The first kappa shape index (κ1) is 14.7. The minimum absolute atomic E-state index is 0.0199. The Morgan fingerprint density at radius 3 is 2.91 bits per heavy atom. The molecule has 6 nitrogen and oxygen atoms in total. The van der Waals surface area contributed by atoms with Gasteiger partial charge < -0.3 is 14.9 Å². The molecule has 2 heterocycles. The van der Waals surface area contributed by atoms with Crippen LogP contribution in [0.5, 0.6) is 0 Å². The average molecular weight is 301 g/mol. The van der Waals surface area contributed by atoms with Gasteiger partial charge in [-0.05, 0) is 13.5 Å². The maximum Gasteiger partial charge on any atom is 0.273 e. The molecule has 1 fully saturated rings. The third kappa shape index (κ3) is 3.03. The Bertz CT molecular complexity index is 641. The van der Waals surface area contributed by atoms with Crippen LogP contribution < -0.4 is 5.32 Å². The second-order valence-electron chi connectivity index (χ2n) is 5.62. The van der Waals surface area contributed by atoms with Crippen LogP contribution in [0.4, 0.5) is 0 Å². The van der Waals surface area contributed by atoms with E-state index >= 15 is 0 Å². The summed E-state index contributed by atoms with van der Waals surface area (Å²) in [6.45, 7) is 0.825. The number of likely N-dealkylation sites (tertiary alicyclic amines) is 1. The first-order valence-corrected chi connectivity index (χ1v) is 7.31. The molecule has 0 spiro atoms. The van der Waals surface area contributed by atoms with Crippen LogP contribution in [0.15, 0.2) is 40.9 Å². The molecule has 22 heavy (non-hydrogen) atoms. The summed E-state index contributed by atoms with van der Waals surface area (Å²) in [6.07, 6.45) is 0.738. The van der Waals surface area contributed by atoms with Crippen molar-refractivity contribution < 1.29 is 14.4 Å². The third-order valence-electron chi connectivity index (χ3n) is 4.04. The molecule has 2 aromatic rings. The lowest BCUT2D eigenvalue weighted by molar-refractivity contribution is 0.0929. The van der Waals surface area contributed by atoms with Crippen LogP contribution in [0.1, 0.15) is 16.9 Å². The summed E-state index contributed by atoms with van der Waals surface area (Å²) in [7, 11) is 1.94. The summed E-state index contributed by atoms with van der Waals surface area (Å²) in [4.78, 5) is 14.3. The molecule has 1 aliphatic rings. The van der Waals surface area contributed by atoms with Crippen molar-refractivity contribution in [2.24, 2.45) is 0 Å². The summed E-state index contributed by atoms with van der Waals surface area (Å²) in [5.41, 5.74) is 1.16. The zero-order chi connectivity index (χ0) is 15.5. The molecule has 1 saturated heterocycles. The van der Waals surface area contributed by atoms with Crippen molar-refractivity contribution in [3.8, 4) is 11.3 Å². The molecule has 2 N–H and O–H groups in total. The SMILES string of the molecule is CN1C[C@H](NC(=O)c2cc(-c3ccccc3)on2)C[C@H]1CO. The molecule has 2 atom stereocenters. The number of aromatic nitrogens is 1. The van der Waals surface area contributed by atoms with Crippen LogP contribution in [-0.2, 0) is 0 Å². The minimum Gasteiger partial charge on any atom is -0.395 e. The zero-order valence-corrected chi connectivity index (χ0v) is 12.4. The smallest absolute Gasteiger partial charge is 0.273 e. The van der Waals surface area contributed by atoms with Gasteiger partial charge >= 0.3 is 0 Å². The number of nitrogens with one attached hydrogen (secondary N) is 1. The number of carbonyl (C=O) groups excluding carboxylic acids is 1. The van der Waals surface area contributed by atoms with E-state index in [0.29, 0.717) is 5.76 Å². The number of likely N-dealkylation sites (N-methyl/N-ethyl adjacent to an activating group) is 1. The number of benzene rings is 1. The van der Waals surface area contributed by atoms with Crippen molar-refractivity contribution in [1.82, 2.24) is 15.4 Å². The van der Waals surface area contributed by atoms with Crippen molar-refractivity contribution in [3.05, 3.63) is 42.1 Å². The molecular weight excluding hydrogens is 282 g/mol. The molecule has 0 bridgehead atoms. The topological polar surface area (TPSA) is 78.6 Å². The largest absolute Gasteiger partial charge is 0.395 e. The van der Waals surface area contributed by atoms with E-state index in [1.165, 1.54) is 0 Å². The molecule has 116 valence electrons. The van der Waals surface area contributed by atoms with Crippen LogP contribution in [-0.4, -0.2) is 53.4 Å². The highest BCUT2D eigenvalue weighted by atomic mass is 16.5. The summed E-state index contributed by atoms with van der Waals surface area (Å²) in [6, 6.07) is 11.3. The Morgan fingerprint density at radius 2 is 2.23 bits per heavy atom. The fourth-order valence-electron chi connectivity index (χ4n) is 2.78. The molecule has 1 aromatic carbocycles. The number of rotatable bonds is 4. The summed E-state index contributed by atoms with van der Waals surface area (Å²) >= 11 is 0. The Morgan fingerprint density at radius 1 is 1.45 bits per heavy atom. The van der Waals surface area contributed by atoms with Crippen LogP contribution in [0, 0.1) is 0 Å². The molecule has 6 heteroatoms. The first-order valence-electron chi connectivity index (χ1n) is 7.31.